The third kappa shape index (κ3) is 6.65. The first kappa shape index (κ1) is 30.1. The first-order valence-corrected chi connectivity index (χ1v) is 15.7. The number of nitrogens with one attached hydrogen (secondary N) is 1. The third-order valence-electron chi connectivity index (χ3n) is 9.08. The molecule has 1 aromatic carbocycles. The van der Waals surface area contributed by atoms with Crippen LogP contribution in [0.5, 0.6) is 5.88 Å². The molecule has 2 amide bonds. The largest absolute Gasteiger partial charge is 0.472 e. The topological polar surface area (TPSA) is 107 Å². The van der Waals surface area contributed by atoms with E-state index in [1.54, 1.807) is 18.0 Å². The van der Waals surface area contributed by atoms with Crippen LogP contribution in [0, 0.1) is 11.3 Å². The number of rotatable bonds is 4. The van der Waals surface area contributed by atoms with Gasteiger partial charge in [0.25, 0.3) is 0 Å². The quantitative estimate of drug-likeness (QED) is 0.486. The van der Waals surface area contributed by atoms with Gasteiger partial charge in [0.15, 0.2) is 0 Å². The number of esters is 1. The van der Waals surface area contributed by atoms with Crippen molar-refractivity contribution in [3.8, 4) is 5.88 Å². The van der Waals surface area contributed by atoms with Crippen molar-refractivity contribution in [3.63, 3.8) is 0 Å². The van der Waals surface area contributed by atoms with Crippen molar-refractivity contribution in [1.29, 1.82) is 0 Å². The average molecular weight is 580 g/mol. The van der Waals surface area contributed by atoms with Gasteiger partial charge < -0.3 is 24.4 Å². The van der Waals surface area contributed by atoms with Crippen molar-refractivity contribution in [2.75, 3.05) is 19.8 Å². The molecule has 0 radical (unpaired) electrons. The van der Waals surface area contributed by atoms with Crippen molar-refractivity contribution >= 4 is 28.7 Å². The van der Waals surface area contributed by atoms with Gasteiger partial charge in [0.2, 0.25) is 11.8 Å². The second-order valence-electron chi connectivity index (χ2n) is 12.8. The molecule has 3 aliphatic rings. The molecule has 1 N–H and O–H groups in total. The molecular weight excluding hydrogens is 534 g/mol. The Kier molecular flexibility index (Phi) is 9.23. The van der Waals surface area contributed by atoms with Crippen LogP contribution in [-0.4, -0.2) is 65.8 Å². The zero-order valence-electron chi connectivity index (χ0n) is 25.4. The van der Waals surface area contributed by atoms with Gasteiger partial charge >= 0.3 is 12.1 Å². The first-order chi connectivity index (χ1) is 20.2. The lowest BCUT2D eigenvalue weighted by Gasteiger charge is -2.31. The molecule has 42 heavy (non-hydrogen) atoms. The van der Waals surface area contributed by atoms with Gasteiger partial charge in [-0.15, -0.1) is 0 Å². The summed E-state index contributed by atoms with van der Waals surface area (Å²) in [4.78, 5) is 46.5. The Morgan fingerprint density at radius 3 is 2.67 bits per heavy atom. The van der Waals surface area contributed by atoms with E-state index < -0.39 is 30.3 Å². The number of benzene rings is 1. The highest BCUT2D eigenvalue weighted by Crippen LogP contribution is 2.34. The van der Waals surface area contributed by atoms with Crippen molar-refractivity contribution in [3.05, 3.63) is 35.5 Å². The molecule has 2 fully saturated rings. The number of carbonyl (C=O) groups is 3. The van der Waals surface area contributed by atoms with Crippen molar-refractivity contribution in [2.24, 2.45) is 11.3 Å². The Labute approximate surface area is 248 Å². The minimum absolute atomic E-state index is 0.0166. The number of alkyl carbamates (subject to hydrolysis) is 1. The van der Waals surface area contributed by atoms with Gasteiger partial charge in [0.05, 0.1) is 19.8 Å². The van der Waals surface area contributed by atoms with Crippen LogP contribution >= 0.6 is 0 Å². The van der Waals surface area contributed by atoms with Crippen LogP contribution in [0.3, 0.4) is 0 Å². The van der Waals surface area contributed by atoms with E-state index in [4.69, 9.17) is 14.2 Å². The minimum atomic E-state index is -0.804. The molecule has 5 rings (SSSR count). The van der Waals surface area contributed by atoms with E-state index in [0.29, 0.717) is 12.3 Å². The monoisotopic (exact) mass is 579 g/mol. The number of hydrogen-bond acceptors (Lipinski definition) is 7. The Hall–Kier alpha value is -3.36. The number of fused-ring (bicyclic) bond motifs is 3. The van der Waals surface area contributed by atoms with Crippen LogP contribution in [0.15, 0.2) is 24.4 Å². The van der Waals surface area contributed by atoms with Crippen LogP contribution in [0.25, 0.3) is 10.8 Å². The summed E-state index contributed by atoms with van der Waals surface area (Å²) >= 11 is 0. The van der Waals surface area contributed by atoms with Gasteiger partial charge in [0, 0.05) is 18.0 Å². The summed E-state index contributed by atoms with van der Waals surface area (Å²) < 4.78 is 17.6. The summed E-state index contributed by atoms with van der Waals surface area (Å²) in [7, 11) is 0. The number of amides is 2. The average Bonchev–Trinajstić information content (AvgIpc) is 3.65. The van der Waals surface area contributed by atoms with Crippen molar-refractivity contribution in [1.82, 2.24) is 15.2 Å². The molecule has 0 spiro atoms. The lowest BCUT2D eigenvalue weighted by molar-refractivity contribution is -0.154. The Morgan fingerprint density at radius 1 is 1.14 bits per heavy atom. The van der Waals surface area contributed by atoms with Gasteiger partial charge in [0.1, 0.15) is 18.2 Å². The second-order valence-corrected chi connectivity index (χ2v) is 12.8. The van der Waals surface area contributed by atoms with Gasteiger partial charge in [-0.2, -0.15) is 0 Å². The molecule has 3 atom stereocenters. The van der Waals surface area contributed by atoms with Gasteiger partial charge in [-0.25, -0.2) is 14.6 Å². The lowest BCUT2D eigenvalue weighted by atomic mass is 9.87. The lowest BCUT2D eigenvalue weighted by Crippen LogP contribution is -2.55. The summed E-state index contributed by atoms with van der Waals surface area (Å²) in [6.07, 6.45) is 8.24. The third-order valence-corrected chi connectivity index (χ3v) is 9.08. The number of nitrogens with zero attached hydrogens (tertiary/aromatic N) is 2. The van der Waals surface area contributed by atoms with E-state index in [0.717, 1.165) is 62.1 Å². The predicted octanol–water partition coefficient (Wildman–Crippen LogP) is 5.36. The molecule has 2 aromatic rings. The first-order valence-electron chi connectivity index (χ1n) is 15.7. The zero-order valence-corrected chi connectivity index (χ0v) is 25.4. The summed E-state index contributed by atoms with van der Waals surface area (Å²) in [6.45, 7) is 8.76. The van der Waals surface area contributed by atoms with E-state index in [-0.39, 0.29) is 37.0 Å². The molecule has 1 saturated carbocycles. The second kappa shape index (κ2) is 12.9. The van der Waals surface area contributed by atoms with Crippen LogP contribution in [0.2, 0.25) is 0 Å². The number of hydrogen-bond donors (Lipinski definition) is 1. The normalized spacial score (nSPS) is 25.4. The van der Waals surface area contributed by atoms with Crippen molar-refractivity contribution in [2.45, 2.75) is 104 Å². The fourth-order valence-corrected chi connectivity index (χ4v) is 6.80. The van der Waals surface area contributed by atoms with E-state index in [1.165, 1.54) is 11.1 Å². The number of carbonyl (C=O) groups excluding carboxylic acids is 3. The zero-order chi connectivity index (χ0) is 29.9. The number of cyclic esters (lactones) is 1. The van der Waals surface area contributed by atoms with Crippen LogP contribution < -0.4 is 10.1 Å². The summed E-state index contributed by atoms with van der Waals surface area (Å²) in [5.74, 6) is -0.248. The molecule has 9 heteroatoms. The highest BCUT2D eigenvalue weighted by Gasteiger charge is 2.46. The van der Waals surface area contributed by atoms with E-state index in [9.17, 15) is 14.4 Å². The summed E-state index contributed by atoms with van der Waals surface area (Å²) in [5, 5.41) is 4.95. The number of aromatic nitrogens is 1. The SMILES string of the molecule is CCOC(=O)[C@@H]1C[C@@H]2CN1C(=O)[C@H](C1CCCC1)NC(=O)OCC(C)(C)CCCc1cc(CC)c3ccnc(c3c1)O2. The molecule has 3 heterocycles. The summed E-state index contributed by atoms with van der Waals surface area (Å²) in [6, 6.07) is 4.87. The van der Waals surface area contributed by atoms with Gasteiger partial charge in [-0.05, 0) is 85.4 Å². The number of aryl methyl sites for hydroxylation is 2. The number of ether oxygens (including phenoxy) is 3. The fourth-order valence-electron chi connectivity index (χ4n) is 6.80. The molecule has 9 nitrogen and oxygen atoms in total. The molecule has 228 valence electrons. The predicted molar refractivity (Wildman–Crippen MR) is 159 cm³/mol. The molecule has 0 unspecified atom stereocenters. The van der Waals surface area contributed by atoms with E-state index in [1.807, 2.05) is 6.07 Å². The number of pyridine rings is 1. The van der Waals surface area contributed by atoms with Crippen LogP contribution in [-0.2, 0) is 31.9 Å². The van der Waals surface area contributed by atoms with Crippen molar-refractivity contribution < 1.29 is 28.6 Å². The Bertz CT molecular complexity index is 1300. The molecule has 1 aromatic heterocycles. The van der Waals surface area contributed by atoms with E-state index >= 15 is 0 Å². The summed E-state index contributed by atoms with van der Waals surface area (Å²) in [5.41, 5.74) is 2.21. The van der Waals surface area contributed by atoms with Crippen LogP contribution in [0.1, 0.15) is 83.8 Å². The maximum atomic E-state index is 14.2. The van der Waals surface area contributed by atoms with Crippen LogP contribution in [0.4, 0.5) is 4.79 Å². The molecule has 4 bridgehead atoms. The van der Waals surface area contributed by atoms with Gasteiger partial charge in [-0.1, -0.05) is 39.7 Å². The minimum Gasteiger partial charge on any atom is -0.472 e. The molecule has 2 aliphatic heterocycles. The highest BCUT2D eigenvalue weighted by molar-refractivity contribution is 5.91. The van der Waals surface area contributed by atoms with Gasteiger partial charge in [-0.3, -0.25) is 4.79 Å². The standard InChI is InChI=1S/C33H45N3O6/c1-5-22-16-21-10-9-14-33(3,4)20-41-32(39)35-28(23-11-7-8-12-23)30(37)36-19-24(18-27(36)31(38)40-6-2)42-29-26(17-21)25(22)13-15-34-29/h13,15-17,23-24,27-28H,5-12,14,18-20H2,1-4H3,(H,35,39)/t24-,27+,28+/m1/s1. The van der Waals surface area contributed by atoms with E-state index in [2.05, 4.69) is 43.2 Å². The Morgan fingerprint density at radius 2 is 1.93 bits per heavy atom. The fraction of sp³-hybridized carbons (Fsp3) is 0.636. The molecule has 1 saturated heterocycles. The highest BCUT2D eigenvalue weighted by atomic mass is 16.6. The molecular formula is C33H45N3O6. The maximum Gasteiger partial charge on any atom is 0.407 e. The maximum absolute atomic E-state index is 14.2. The molecule has 1 aliphatic carbocycles. The Balaban J connectivity index is 1.53. The smallest absolute Gasteiger partial charge is 0.407 e.